The number of hydrogen-bond acceptors (Lipinski definition) is 2. The van der Waals surface area contributed by atoms with Crippen molar-refractivity contribution in [2.45, 2.75) is 20.8 Å². The van der Waals surface area contributed by atoms with Crippen molar-refractivity contribution in [3.63, 3.8) is 0 Å². The molecule has 0 aliphatic heterocycles. The van der Waals surface area contributed by atoms with Crippen molar-refractivity contribution in [3.05, 3.63) is 85.9 Å². The van der Waals surface area contributed by atoms with Crippen LogP contribution in [0.15, 0.2) is 52.5 Å². The molecule has 0 unspecified atom stereocenters. The molecular formula is C23H18BrClFN3O. The molecule has 0 bridgehead atoms. The number of aromatic nitrogens is 1. The number of hydrogen-bond donors (Lipinski definition) is 1. The van der Waals surface area contributed by atoms with Gasteiger partial charge in [0.15, 0.2) is 0 Å². The first-order valence-electron chi connectivity index (χ1n) is 9.05. The molecular weight excluding hydrogens is 469 g/mol. The lowest BCUT2D eigenvalue weighted by molar-refractivity contribution is -0.112. The highest BCUT2D eigenvalue weighted by Crippen LogP contribution is 2.27. The van der Waals surface area contributed by atoms with Gasteiger partial charge in [-0.1, -0.05) is 33.6 Å². The fourth-order valence-corrected chi connectivity index (χ4v) is 3.69. The number of carbonyl (C=O) groups excluding carboxylic acids is 1. The number of nitrogens with one attached hydrogen (secondary N) is 1. The summed E-state index contributed by atoms with van der Waals surface area (Å²) in [7, 11) is 0. The number of halogens is 3. The molecule has 3 aromatic rings. The number of carbonyl (C=O) groups is 1. The predicted molar refractivity (Wildman–Crippen MR) is 121 cm³/mol. The van der Waals surface area contributed by atoms with Crippen molar-refractivity contribution in [2.24, 2.45) is 0 Å². The van der Waals surface area contributed by atoms with E-state index in [0.717, 1.165) is 11.3 Å². The second-order valence-corrected chi connectivity index (χ2v) is 8.19. The summed E-state index contributed by atoms with van der Waals surface area (Å²) in [5, 5.41) is 12.7. The van der Waals surface area contributed by atoms with E-state index in [-0.39, 0.29) is 11.4 Å². The number of rotatable bonds is 4. The van der Waals surface area contributed by atoms with Gasteiger partial charge in [0.1, 0.15) is 17.5 Å². The van der Waals surface area contributed by atoms with Gasteiger partial charge >= 0.3 is 0 Å². The Bertz CT molecular complexity index is 1220. The van der Waals surface area contributed by atoms with Crippen molar-refractivity contribution in [3.8, 4) is 11.8 Å². The molecule has 0 saturated heterocycles. The summed E-state index contributed by atoms with van der Waals surface area (Å²) in [5.41, 5.74) is 3.85. The molecule has 0 atom stereocenters. The fourth-order valence-electron chi connectivity index (χ4n) is 3.19. The highest BCUT2D eigenvalue weighted by Gasteiger charge is 2.16. The Hall–Kier alpha value is -2.88. The number of aryl methyl sites for hydroxylation is 2. The van der Waals surface area contributed by atoms with Gasteiger partial charge in [-0.15, -0.1) is 0 Å². The summed E-state index contributed by atoms with van der Waals surface area (Å²) in [6.45, 7) is 5.49. The SMILES string of the molecule is Cc1ccc(Cl)cc1NC(=O)/C(C#N)=C/c1cc(C)n(-c2ccc(Br)cc2F)c1C. The summed E-state index contributed by atoms with van der Waals surface area (Å²) in [6.07, 6.45) is 1.50. The van der Waals surface area contributed by atoms with E-state index in [1.54, 1.807) is 34.9 Å². The normalized spacial score (nSPS) is 11.3. The van der Waals surface area contributed by atoms with Gasteiger partial charge in [0.2, 0.25) is 0 Å². The molecule has 7 heteroatoms. The van der Waals surface area contributed by atoms with Crippen LogP contribution in [0.4, 0.5) is 10.1 Å². The number of anilines is 1. The zero-order valence-electron chi connectivity index (χ0n) is 16.6. The van der Waals surface area contributed by atoms with E-state index < -0.39 is 5.91 Å². The lowest BCUT2D eigenvalue weighted by Crippen LogP contribution is -2.14. The summed E-state index contributed by atoms with van der Waals surface area (Å²) in [6, 6.07) is 13.7. The van der Waals surface area contributed by atoms with Crippen LogP contribution in [0.2, 0.25) is 5.02 Å². The molecule has 2 aromatic carbocycles. The Labute approximate surface area is 187 Å². The molecule has 4 nitrogen and oxygen atoms in total. The van der Waals surface area contributed by atoms with Crippen molar-refractivity contribution < 1.29 is 9.18 Å². The molecule has 0 radical (unpaired) electrons. The molecule has 152 valence electrons. The van der Waals surface area contributed by atoms with Gasteiger partial charge in [-0.3, -0.25) is 4.79 Å². The van der Waals surface area contributed by atoms with Gasteiger partial charge in [-0.25, -0.2) is 4.39 Å². The zero-order chi connectivity index (χ0) is 22.0. The Morgan fingerprint density at radius 2 is 1.93 bits per heavy atom. The van der Waals surface area contributed by atoms with Crippen molar-refractivity contribution in [1.82, 2.24) is 4.57 Å². The molecule has 0 aliphatic carbocycles. The first-order valence-corrected chi connectivity index (χ1v) is 10.2. The van der Waals surface area contributed by atoms with Crippen LogP contribution in [-0.4, -0.2) is 10.5 Å². The number of nitrogens with zero attached hydrogens (tertiary/aromatic N) is 2. The van der Waals surface area contributed by atoms with Crippen LogP contribution in [0.3, 0.4) is 0 Å². The quantitative estimate of drug-likeness (QED) is 0.338. The molecule has 1 heterocycles. The van der Waals surface area contributed by atoms with Crippen molar-refractivity contribution in [1.29, 1.82) is 5.26 Å². The molecule has 30 heavy (non-hydrogen) atoms. The highest BCUT2D eigenvalue weighted by molar-refractivity contribution is 9.10. The van der Waals surface area contributed by atoms with Gasteiger partial charge in [0, 0.05) is 26.6 Å². The third-order valence-electron chi connectivity index (χ3n) is 4.73. The fraction of sp³-hybridized carbons (Fsp3) is 0.130. The maximum Gasteiger partial charge on any atom is 0.266 e. The van der Waals surface area contributed by atoms with E-state index in [0.29, 0.717) is 32.1 Å². The van der Waals surface area contributed by atoms with Crippen LogP contribution in [0.1, 0.15) is 22.5 Å². The maximum absolute atomic E-state index is 14.5. The molecule has 0 aliphatic rings. The zero-order valence-corrected chi connectivity index (χ0v) is 18.9. The van der Waals surface area contributed by atoms with Gasteiger partial charge < -0.3 is 9.88 Å². The van der Waals surface area contributed by atoms with Gasteiger partial charge in [0.05, 0.1) is 5.69 Å². The minimum absolute atomic E-state index is 0.0640. The minimum Gasteiger partial charge on any atom is -0.321 e. The van der Waals surface area contributed by atoms with Gasteiger partial charge in [0.25, 0.3) is 5.91 Å². The van der Waals surface area contributed by atoms with Crippen molar-refractivity contribution in [2.75, 3.05) is 5.32 Å². The first kappa shape index (κ1) is 21.8. The maximum atomic E-state index is 14.5. The van der Waals surface area contributed by atoms with Crippen LogP contribution < -0.4 is 5.32 Å². The van der Waals surface area contributed by atoms with Crippen LogP contribution in [0.25, 0.3) is 11.8 Å². The van der Waals surface area contributed by atoms with Crippen LogP contribution in [0.5, 0.6) is 0 Å². The van der Waals surface area contributed by atoms with E-state index >= 15 is 0 Å². The van der Waals surface area contributed by atoms with Crippen LogP contribution in [0, 0.1) is 37.9 Å². The van der Waals surface area contributed by atoms with Crippen LogP contribution in [-0.2, 0) is 4.79 Å². The molecule has 3 rings (SSSR count). The van der Waals surface area contributed by atoms with E-state index in [1.165, 1.54) is 12.1 Å². The lowest BCUT2D eigenvalue weighted by Gasteiger charge is -2.11. The largest absolute Gasteiger partial charge is 0.321 e. The van der Waals surface area contributed by atoms with Crippen molar-refractivity contribution >= 4 is 45.2 Å². The Morgan fingerprint density at radius 3 is 2.60 bits per heavy atom. The van der Waals surface area contributed by atoms with Crippen LogP contribution >= 0.6 is 27.5 Å². The standard InChI is InChI=1S/C23H18BrClFN3O/c1-13-4-6-19(25)11-21(13)28-23(30)17(12-27)9-16-8-14(2)29(15(16)3)22-7-5-18(24)10-20(22)26/h4-11H,1-3H3,(H,28,30)/b17-9+. The second-order valence-electron chi connectivity index (χ2n) is 6.84. The van der Waals surface area contributed by atoms with E-state index in [1.807, 2.05) is 32.9 Å². The molecule has 1 N–H and O–H groups in total. The van der Waals surface area contributed by atoms with Gasteiger partial charge in [-0.2, -0.15) is 5.26 Å². The molecule has 0 fully saturated rings. The smallest absolute Gasteiger partial charge is 0.266 e. The molecule has 1 aromatic heterocycles. The molecule has 0 saturated carbocycles. The second kappa shape index (κ2) is 8.86. The lowest BCUT2D eigenvalue weighted by atomic mass is 10.1. The van der Waals surface area contributed by atoms with Gasteiger partial charge in [-0.05, 0) is 74.4 Å². The monoisotopic (exact) mass is 485 g/mol. The third kappa shape index (κ3) is 4.48. The first-order chi connectivity index (χ1) is 14.2. The summed E-state index contributed by atoms with van der Waals surface area (Å²) >= 11 is 9.26. The average molecular weight is 487 g/mol. The van der Waals surface area contributed by atoms with E-state index in [2.05, 4.69) is 21.2 Å². The molecule has 0 spiro atoms. The number of benzene rings is 2. The Kier molecular flexibility index (Phi) is 6.45. The topological polar surface area (TPSA) is 57.8 Å². The average Bonchev–Trinajstić information content (AvgIpc) is 2.96. The summed E-state index contributed by atoms with van der Waals surface area (Å²) < 4.78 is 16.9. The summed E-state index contributed by atoms with van der Waals surface area (Å²) in [5.74, 6) is -0.918. The van der Waals surface area contributed by atoms with E-state index in [4.69, 9.17) is 11.6 Å². The van der Waals surface area contributed by atoms with E-state index in [9.17, 15) is 14.4 Å². The minimum atomic E-state index is -0.539. The number of nitriles is 1. The predicted octanol–water partition coefficient (Wildman–Crippen LogP) is 6.50. The third-order valence-corrected chi connectivity index (χ3v) is 5.46. The highest BCUT2D eigenvalue weighted by atomic mass is 79.9. The Morgan fingerprint density at radius 1 is 1.20 bits per heavy atom. The number of amides is 1. The molecule has 1 amide bonds. The Balaban J connectivity index is 1.98. The summed E-state index contributed by atoms with van der Waals surface area (Å²) in [4.78, 5) is 12.7.